The van der Waals surface area contributed by atoms with Gasteiger partial charge in [-0.25, -0.2) is 9.69 Å². The summed E-state index contributed by atoms with van der Waals surface area (Å²) in [4.78, 5) is 52.5. The minimum Gasteiger partial charge on any atom is -0.495 e. The number of amides is 3. The van der Waals surface area contributed by atoms with E-state index in [1.165, 1.54) is 25.3 Å². The number of carbonyl (C=O) groups excluding carboxylic acids is 4. The standard InChI is InChI=1S/C22H17N3O6S/c1-30-13-7-6-9(18(23)26)8-11(13)25-20(27)15-14-10-4-2-3-5-12(10)31-22(29)16(14)19(24)32-17(15)21(25)28/h2-8,14-15,17H,24H2,1H3,(H2,23,26)/t14-,15-,17+/m1/s1. The van der Waals surface area contributed by atoms with Crippen LogP contribution in [0.5, 0.6) is 11.5 Å². The number of anilines is 1. The molecule has 3 amide bonds. The monoisotopic (exact) mass is 451 g/mol. The third-order valence-electron chi connectivity index (χ3n) is 5.87. The highest BCUT2D eigenvalue weighted by Gasteiger charge is 2.59. The first-order valence-electron chi connectivity index (χ1n) is 9.66. The average molecular weight is 451 g/mol. The number of benzene rings is 2. The van der Waals surface area contributed by atoms with Gasteiger partial charge in [0, 0.05) is 17.0 Å². The number of fused-ring (bicyclic) bond motifs is 5. The summed E-state index contributed by atoms with van der Waals surface area (Å²) in [7, 11) is 1.39. The van der Waals surface area contributed by atoms with Crippen LogP contribution in [-0.4, -0.2) is 36.1 Å². The average Bonchev–Trinajstić information content (AvgIpc) is 3.02. The maximum absolute atomic E-state index is 13.7. The second-order valence-corrected chi connectivity index (χ2v) is 8.69. The van der Waals surface area contributed by atoms with E-state index in [1.807, 2.05) is 0 Å². The van der Waals surface area contributed by atoms with Crippen LogP contribution < -0.4 is 25.8 Å². The maximum Gasteiger partial charge on any atom is 0.342 e. The van der Waals surface area contributed by atoms with Crippen molar-refractivity contribution in [3.8, 4) is 11.5 Å². The number of hydrogen-bond acceptors (Lipinski definition) is 8. The Hall–Kier alpha value is -3.79. The lowest BCUT2D eigenvalue weighted by atomic mass is 9.77. The van der Waals surface area contributed by atoms with Crippen LogP contribution in [0.3, 0.4) is 0 Å². The van der Waals surface area contributed by atoms with E-state index in [0.717, 1.165) is 16.7 Å². The van der Waals surface area contributed by atoms with Crippen LogP contribution in [0.1, 0.15) is 21.8 Å². The summed E-state index contributed by atoms with van der Waals surface area (Å²) in [5.74, 6) is -3.44. The van der Waals surface area contributed by atoms with Crippen molar-refractivity contribution in [1.29, 1.82) is 0 Å². The molecule has 0 spiro atoms. The third-order valence-corrected chi connectivity index (χ3v) is 7.09. The zero-order chi connectivity index (χ0) is 22.7. The molecule has 10 heteroatoms. The number of carbonyl (C=O) groups is 4. The van der Waals surface area contributed by atoms with Crippen molar-refractivity contribution in [3.63, 3.8) is 0 Å². The Kier molecular flexibility index (Phi) is 4.48. The number of methoxy groups -OCH3 is 1. The van der Waals surface area contributed by atoms with E-state index >= 15 is 0 Å². The van der Waals surface area contributed by atoms with Gasteiger partial charge >= 0.3 is 5.97 Å². The number of ether oxygens (including phenoxy) is 2. The molecule has 0 radical (unpaired) electrons. The molecule has 32 heavy (non-hydrogen) atoms. The van der Waals surface area contributed by atoms with Gasteiger partial charge in [0.05, 0.1) is 29.3 Å². The van der Waals surface area contributed by atoms with Gasteiger partial charge in [0.2, 0.25) is 17.7 Å². The molecule has 0 saturated carbocycles. The highest BCUT2D eigenvalue weighted by molar-refractivity contribution is 8.04. The molecule has 3 aliphatic heterocycles. The first-order chi connectivity index (χ1) is 15.3. The molecular formula is C22H17N3O6S. The van der Waals surface area contributed by atoms with E-state index in [9.17, 15) is 19.2 Å². The van der Waals surface area contributed by atoms with E-state index in [2.05, 4.69) is 0 Å². The molecular weight excluding hydrogens is 434 g/mol. The molecule has 2 aromatic carbocycles. The fourth-order valence-corrected chi connectivity index (χ4v) is 5.70. The Labute approximate surface area is 186 Å². The zero-order valence-corrected chi connectivity index (χ0v) is 17.5. The van der Waals surface area contributed by atoms with Crippen LogP contribution in [0, 0.1) is 5.92 Å². The third kappa shape index (κ3) is 2.72. The Morgan fingerprint density at radius 3 is 2.59 bits per heavy atom. The van der Waals surface area contributed by atoms with Crippen molar-refractivity contribution in [2.45, 2.75) is 11.2 Å². The van der Waals surface area contributed by atoms with Crippen molar-refractivity contribution in [3.05, 3.63) is 64.2 Å². The summed E-state index contributed by atoms with van der Waals surface area (Å²) in [5, 5.41) is -0.700. The summed E-state index contributed by atoms with van der Waals surface area (Å²) in [6.45, 7) is 0. The molecule has 3 heterocycles. The number of primary amides is 1. The molecule has 0 unspecified atom stereocenters. The molecule has 3 atom stereocenters. The second kappa shape index (κ2) is 7.13. The lowest BCUT2D eigenvalue weighted by Crippen LogP contribution is -2.39. The molecule has 162 valence electrons. The number of nitrogens with zero attached hydrogens (tertiary/aromatic N) is 1. The van der Waals surface area contributed by atoms with Gasteiger partial charge in [-0.1, -0.05) is 30.0 Å². The zero-order valence-electron chi connectivity index (χ0n) is 16.7. The minimum atomic E-state index is -0.884. The summed E-state index contributed by atoms with van der Waals surface area (Å²) in [6, 6.07) is 11.1. The van der Waals surface area contributed by atoms with Crippen molar-refractivity contribution in [1.82, 2.24) is 0 Å². The number of thioether (sulfide) groups is 1. The van der Waals surface area contributed by atoms with Crippen LogP contribution in [0.15, 0.2) is 53.1 Å². The fourth-order valence-electron chi connectivity index (χ4n) is 4.46. The first kappa shape index (κ1) is 20.1. The second-order valence-electron chi connectivity index (χ2n) is 7.51. The van der Waals surface area contributed by atoms with E-state index in [0.29, 0.717) is 11.3 Å². The normalized spacial score (nSPS) is 24.0. The van der Waals surface area contributed by atoms with Gasteiger partial charge in [0.25, 0.3) is 0 Å². The molecule has 2 aromatic rings. The van der Waals surface area contributed by atoms with E-state index in [4.69, 9.17) is 20.9 Å². The Morgan fingerprint density at radius 1 is 1.12 bits per heavy atom. The van der Waals surface area contributed by atoms with Gasteiger partial charge in [-0.3, -0.25) is 14.4 Å². The molecule has 5 rings (SSSR count). The fraction of sp³-hybridized carbons (Fsp3) is 0.182. The topological polar surface area (TPSA) is 142 Å². The quantitative estimate of drug-likeness (QED) is 0.404. The van der Waals surface area contributed by atoms with Gasteiger partial charge in [0.15, 0.2) is 0 Å². The van der Waals surface area contributed by atoms with Gasteiger partial charge in [-0.05, 0) is 24.3 Å². The Morgan fingerprint density at radius 2 is 1.88 bits per heavy atom. The smallest absolute Gasteiger partial charge is 0.342 e. The number of nitrogens with two attached hydrogens (primary N) is 2. The molecule has 0 aliphatic carbocycles. The summed E-state index contributed by atoms with van der Waals surface area (Å²) in [6.07, 6.45) is 0. The lowest BCUT2D eigenvalue weighted by Gasteiger charge is -2.36. The maximum atomic E-state index is 13.7. The van der Waals surface area contributed by atoms with Crippen molar-refractivity contribution in [2.75, 3.05) is 12.0 Å². The van der Waals surface area contributed by atoms with Crippen LogP contribution >= 0.6 is 11.8 Å². The van der Waals surface area contributed by atoms with Gasteiger partial charge < -0.3 is 20.9 Å². The van der Waals surface area contributed by atoms with Gasteiger partial charge in [-0.15, -0.1) is 0 Å². The molecule has 0 aromatic heterocycles. The Bertz CT molecular complexity index is 1260. The number of para-hydroxylation sites is 1. The lowest BCUT2D eigenvalue weighted by molar-refractivity contribution is -0.131. The van der Waals surface area contributed by atoms with Crippen molar-refractivity contribution in [2.24, 2.45) is 17.4 Å². The van der Waals surface area contributed by atoms with Crippen molar-refractivity contribution < 1.29 is 28.7 Å². The molecule has 0 bridgehead atoms. The van der Waals surface area contributed by atoms with Gasteiger partial charge in [-0.2, -0.15) is 0 Å². The summed E-state index contributed by atoms with van der Waals surface area (Å²) < 4.78 is 10.7. The summed E-state index contributed by atoms with van der Waals surface area (Å²) >= 11 is 0.967. The molecule has 1 saturated heterocycles. The number of hydrogen-bond donors (Lipinski definition) is 2. The molecule has 1 fully saturated rings. The van der Waals surface area contributed by atoms with Crippen molar-refractivity contribution >= 4 is 41.1 Å². The van der Waals surface area contributed by atoms with Crippen LogP contribution in [0.4, 0.5) is 5.69 Å². The molecule has 4 N–H and O–H groups in total. The van der Waals surface area contributed by atoms with Crippen LogP contribution in [-0.2, 0) is 14.4 Å². The highest BCUT2D eigenvalue weighted by atomic mass is 32.2. The van der Waals surface area contributed by atoms with E-state index in [1.54, 1.807) is 24.3 Å². The van der Waals surface area contributed by atoms with E-state index in [-0.39, 0.29) is 27.6 Å². The molecule has 9 nitrogen and oxygen atoms in total. The summed E-state index contributed by atoms with van der Waals surface area (Å²) in [5.41, 5.74) is 12.6. The predicted molar refractivity (Wildman–Crippen MR) is 115 cm³/mol. The van der Waals surface area contributed by atoms with Crippen LogP contribution in [0.2, 0.25) is 0 Å². The Balaban J connectivity index is 1.66. The number of rotatable bonds is 3. The largest absolute Gasteiger partial charge is 0.495 e. The van der Waals surface area contributed by atoms with E-state index < -0.39 is 40.8 Å². The minimum absolute atomic E-state index is 0.112. The van der Waals surface area contributed by atoms with Crippen LogP contribution in [0.25, 0.3) is 0 Å². The molecule has 3 aliphatic rings. The highest BCUT2D eigenvalue weighted by Crippen LogP contribution is 2.55. The van der Waals surface area contributed by atoms with Gasteiger partial charge in [0.1, 0.15) is 16.7 Å². The number of imide groups is 1. The number of esters is 1. The SMILES string of the molecule is COc1ccc(C(N)=O)cc1N1C(=O)[C@H]2[C@H](SC(N)=C3C(=O)Oc4ccccc4[C@@H]32)C1=O. The predicted octanol–water partition coefficient (Wildman–Crippen LogP) is 1.27. The first-order valence-corrected chi connectivity index (χ1v) is 10.5.